The van der Waals surface area contributed by atoms with Crippen molar-refractivity contribution in [3.8, 4) is 0 Å². The maximum Gasteiger partial charge on any atom is 0.195 e. The molecule has 5 heteroatoms. The number of aliphatic imine (C=N–C) groups is 1. The highest BCUT2D eigenvalue weighted by Crippen LogP contribution is 2.08. The van der Waals surface area contributed by atoms with E-state index in [2.05, 4.69) is 22.5 Å². The number of hydrogen-bond acceptors (Lipinski definition) is 2. The first kappa shape index (κ1) is 15.7. The van der Waals surface area contributed by atoms with E-state index in [-0.39, 0.29) is 24.0 Å². The van der Waals surface area contributed by atoms with Gasteiger partial charge in [-0.1, -0.05) is 6.07 Å². The summed E-state index contributed by atoms with van der Waals surface area (Å²) in [6.45, 7) is 0.853. The van der Waals surface area contributed by atoms with Gasteiger partial charge in [-0.25, -0.2) is 0 Å². The second kappa shape index (κ2) is 7.89. The summed E-state index contributed by atoms with van der Waals surface area (Å²) in [6.07, 6.45) is 1.03. The van der Waals surface area contributed by atoms with Crippen molar-refractivity contribution in [3.05, 3.63) is 22.4 Å². The van der Waals surface area contributed by atoms with E-state index in [9.17, 15) is 0 Å². The number of guanidine groups is 1. The summed E-state index contributed by atoms with van der Waals surface area (Å²) in [5.41, 5.74) is 0. The van der Waals surface area contributed by atoms with Crippen LogP contribution in [0.3, 0.4) is 0 Å². The summed E-state index contributed by atoms with van der Waals surface area (Å²) < 4.78 is 0. The summed E-state index contributed by atoms with van der Waals surface area (Å²) in [4.78, 5) is 10.0. The summed E-state index contributed by atoms with van der Waals surface area (Å²) in [5.74, 6) is 1.02. The SMILES string of the molecule is CN(C)C(=NCCc1cccs1)N(C)C.I. The summed E-state index contributed by atoms with van der Waals surface area (Å²) >= 11 is 1.79. The molecule has 0 bridgehead atoms. The van der Waals surface area contributed by atoms with E-state index in [0.29, 0.717) is 0 Å². The molecule has 0 atom stereocenters. The van der Waals surface area contributed by atoms with E-state index in [0.717, 1.165) is 18.9 Å². The van der Waals surface area contributed by atoms with Crippen molar-refractivity contribution < 1.29 is 0 Å². The molecule has 0 radical (unpaired) electrons. The molecule has 0 aliphatic heterocycles. The van der Waals surface area contributed by atoms with E-state index < -0.39 is 0 Å². The van der Waals surface area contributed by atoms with E-state index in [1.54, 1.807) is 11.3 Å². The van der Waals surface area contributed by atoms with Crippen molar-refractivity contribution >= 4 is 41.3 Å². The molecule has 1 aromatic rings. The molecular weight excluding hydrogens is 333 g/mol. The third-order valence-electron chi connectivity index (χ3n) is 1.99. The van der Waals surface area contributed by atoms with Crippen molar-refractivity contribution in [1.29, 1.82) is 0 Å². The molecule has 0 saturated carbocycles. The molecule has 0 aromatic carbocycles. The standard InChI is InChI=1S/C11H19N3S.HI/c1-13(2)11(14(3)4)12-8-7-10-6-5-9-15-10;/h5-6,9H,7-8H2,1-4H3;1H. The van der Waals surface area contributed by atoms with Gasteiger partial charge in [0, 0.05) is 46.0 Å². The van der Waals surface area contributed by atoms with Crippen molar-refractivity contribution in [2.45, 2.75) is 6.42 Å². The van der Waals surface area contributed by atoms with Crippen LogP contribution in [-0.4, -0.2) is 50.5 Å². The van der Waals surface area contributed by atoms with Crippen LogP contribution in [0.4, 0.5) is 0 Å². The highest BCUT2D eigenvalue weighted by Gasteiger charge is 2.03. The number of halogens is 1. The van der Waals surface area contributed by atoms with E-state index in [4.69, 9.17) is 0 Å². The zero-order valence-corrected chi connectivity index (χ0v) is 13.5. The fourth-order valence-corrected chi connectivity index (χ4v) is 2.10. The Balaban J connectivity index is 0.00000225. The molecule has 0 amide bonds. The number of hydrogen-bond donors (Lipinski definition) is 0. The maximum atomic E-state index is 4.57. The average Bonchev–Trinajstić information content (AvgIpc) is 2.63. The Labute approximate surface area is 119 Å². The monoisotopic (exact) mass is 353 g/mol. The van der Waals surface area contributed by atoms with Gasteiger partial charge in [0.05, 0.1) is 0 Å². The van der Waals surface area contributed by atoms with Gasteiger partial charge >= 0.3 is 0 Å². The molecule has 1 heterocycles. The third kappa shape index (κ3) is 5.16. The first-order valence-electron chi connectivity index (χ1n) is 5.02. The fraction of sp³-hybridized carbons (Fsp3) is 0.545. The van der Waals surface area contributed by atoms with Crippen LogP contribution < -0.4 is 0 Å². The third-order valence-corrected chi connectivity index (χ3v) is 2.93. The maximum absolute atomic E-state index is 4.57. The number of nitrogens with zero attached hydrogens (tertiary/aromatic N) is 3. The molecule has 16 heavy (non-hydrogen) atoms. The second-order valence-corrected chi connectivity index (χ2v) is 4.83. The van der Waals surface area contributed by atoms with Gasteiger partial charge < -0.3 is 9.80 Å². The number of thiophene rings is 1. The van der Waals surface area contributed by atoms with Crippen LogP contribution in [0, 0.1) is 0 Å². The van der Waals surface area contributed by atoms with Crippen LogP contribution in [0.25, 0.3) is 0 Å². The predicted molar refractivity (Wildman–Crippen MR) is 83.1 cm³/mol. The lowest BCUT2D eigenvalue weighted by Gasteiger charge is -2.22. The molecule has 0 aliphatic rings. The van der Waals surface area contributed by atoms with Gasteiger partial charge in [-0.2, -0.15) is 0 Å². The lowest BCUT2D eigenvalue weighted by atomic mass is 10.3. The zero-order valence-electron chi connectivity index (χ0n) is 10.3. The average molecular weight is 353 g/mol. The minimum atomic E-state index is 0. The second-order valence-electron chi connectivity index (χ2n) is 3.80. The first-order chi connectivity index (χ1) is 7.11. The van der Waals surface area contributed by atoms with Crippen LogP contribution in [-0.2, 0) is 6.42 Å². The Kier molecular flexibility index (Phi) is 7.74. The number of rotatable bonds is 3. The van der Waals surface area contributed by atoms with Crippen molar-refractivity contribution in [2.24, 2.45) is 4.99 Å². The van der Waals surface area contributed by atoms with Gasteiger partial charge in [-0.05, 0) is 11.4 Å². The Morgan fingerprint density at radius 1 is 1.25 bits per heavy atom. The lowest BCUT2D eigenvalue weighted by molar-refractivity contribution is 0.479. The van der Waals surface area contributed by atoms with Gasteiger partial charge in [0.1, 0.15) is 0 Å². The molecule has 92 valence electrons. The minimum absolute atomic E-state index is 0. The van der Waals surface area contributed by atoms with E-state index in [1.807, 2.05) is 38.0 Å². The molecule has 0 N–H and O–H groups in total. The highest BCUT2D eigenvalue weighted by molar-refractivity contribution is 14.0. The van der Waals surface area contributed by atoms with Crippen LogP contribution in [0.5, 0.6) is 0 Å². The normalized spacial score (nSPS) is 9.25. The van der Waals surface area contributed by atoms with Crippen LogP contribution >= 0.6 is 35.3 Å². The molecule has 1 aromatic heterocycles. The lowest BCUT2D eigenvalue weighted by Crippen LogP contribution is -2.35. The van der Waals surface area contributed by atoms with Crippen molar-refractivity contribution in [3.63, 3.8) is 0 Å². The molecule has 0 fully saturated rings. The molecule has 3 nitrogen and oxygen atoms in total. The van der Waals surface area contributed by atoms with E-state index in [1.165, 1.54) is 4.88 Å². The summed E-state index contributed by atoms with van der Waals surface area (Å²) in [6, 6.07) is 4.24. The molecule has 1 rings (SSSR count). The van der Waals surface area contributed by atoms with Gasteiger partial charge in [-0.15, -0.1) is 35.3 Å². The van der Waals surface area contributed by atoms with Crippen LogP contribution in [0.15, 0.2) is 22.5 Å². The van der Waals surface area contributed by atoms with E-state index >= 15 is 0 Å². The minimum Gasteiger partial charge on any atom is -0.349 e. The Hall–Kier alpha value is -0.300. The predicted octanol–water partition coefficient (Wildman–Crippen LogP) is 2.39. The highest BCUT2D eigenvalue weighted by atomic mass is 127. The summed E-state index contributed by atoms with van der Waals surface area (Å²) in [5, 5.41) is 2.11. The first-order valence-corrected chi connectivity index (χ1v) is 5.90. The Morgan fingerprint density at radius 3 is 2.31 bits per heavy atom. The van der Waals surface area contributed by atoms with Gasteiger partial charge in [0.15, 0.2) is 5.96 Å². The Morgan fingerprint density at radius 2 is 1.88 bits per heavy atom. The Bertz CT molecular complexity index is 297. The zero-order chi connectivity index (χ0) is 11.3. The molecule has 0 spiro atoms. The van der Waals surface area contributed by atoms with Gasteiger partial charge in [0.25, 0.3) is 0 Å². The van der Waals surface area contributed by atoms with Crippen LogP contribution in [0.2, 0.25) is 0 Å². The topological polar surface area (TPSA) is 18.8 Å². The largest absolute Gasteiger partial charge is 0.349 e. The quantitative estimate of drug-likeness (QED) is 0.472. The smallest absolute Gasteiger partial charge is 0.195 e. The van der Waals surface area contributed by atoms with Gasteiger partial charge in [-0.3, -0.25) is 4.99 Å². The molecule has 0 aliphatic carbocycles. The van der Waals surface area contributed by atoms with Gasteiger partial charge in [0.2, 0.25) is 0 Å². The fourth-order valence-electron chi connectivity index (χ4n) is 1.40. The molecule has 0 saturated heterocycles. The summed E-state index contributed by atoms with van der Waals surface area (Å²) in [7, 11) is 8.07. The molecule has 0 unspecified atom stereocenters. The van der Waals surface area contributed by atoms with Crippen LogP contribution in [0.1, 0.15) is 4.88 Å². The van der Waals surface area contributed by atoms with Crippen molar-refractivity contribution in [1.82, 2.24) is 9.80 Å². The van der Waals surface area contributed by atoms with Crippen molar-refractivity contribution in [2.75, 3.05) is 34.7 Å². The molecular formula is C11H20IN3S.